The maximum absolute atomic E-state index is 13.9. The second kappa shape index (κ2) is 5.46. The molecule has 0 saturated carbocycles. The topological polar surface area (TPSA) is 20.3 Å². The van der Waals surface area contributed by atoms with Gasteiger partial charge in [-0.3, -0.25) is 9.69 Å². The quantitative estimate of drug-likeness (QED) is 0.826. The number of rotatable bonds is 2. The molecule has 102 valence electrons. The van der Waals surface area contributed by atoms with Crippen LogP contribution in [0.4, 0.5) is 10.1 Å². The molecule has 2 aromatic carbocycles. The van der Waals surface area contributed by atoms with Gasteiger partial charge in [-0.1, -0.05) is 35.9 Å². The number of carbonyl (C=O) groups excluding carboxylic acids is 1. The monoisotopic (exact) mass is 307 g/mol. The van der Waals surface area contributed by atoms with Crippen molar-refractivity contribution < 1.29 is 9.18 Å². The molecule has 0 unspecified atom stereocenters. The number of anilines is 1. The zero-order chi connectivity index (χ0) is 14.1. The Kier molecular flexibility index (Phi) is 3.68. The summed E-state index contributed by atoms with van der Waals surface area (Å²) in [7, 11) is 0. The Morgan fingerprint density at radius 3 is 2.55 bits per heavy atom. The molecule has 0 radical (unpaired) electrons. The summed E-state index contributed by atoms with van der Waals surface area (Å²) >= 11 is 7.37. The van der Waals surface area contributed by atoms with E-state index in [0.29, 0.717) is 16.5 Å². The van der Waals surface area contributed by atoms with Crippen molar-refractivity contribution in [2.45, 2.75) is 5.37 Å². The predicted molar refractivity (Wildman–Crippen MR) is 80.5 cm³/mol. The van der Waals surface area contributed by atoms with Gasteiger partial charge >= 0.3 is 0 Å². The molecule has 1 fully saturated rings. The lowest BCUT2D eigenvalue weighted by Gasteiger charge is -2.24. The van der Waals surface area contributed by atoms with Gasteiger partial charge in [-0.15, -0.1) is 11.8 Å². The first-order chi connectivity index (χ1) is 9.66. The standard InChI is InChI=1S/C15H11ClFNOS/c16-11-7-5-10(6-8-11)15-18(14(19)9-20-15)13-4-2-1-3-12(13)17/h1-8,15H,9H2/t15-/m0/s1. The van der Waals surface area contributed by atoms with Crippen LogP contribution < -0.4 is 4.90 Å². The summed E-state index contributed by atoms with van der Waals surface area (Å²) in [4.78, 5) is 13.6. The van der Waals surface area contributed by atoms with Gasteiger partial charge in [-0.05, 0) is 29.8 Å². The highest BCUT2D eigenvalue weighted by molar-refractivity contribution is 8.00. The van der Waals surface area contributed by atoms with Gasteiger partial charge in [0.1, 0.15) is 11.2 Å². The molecule has 0 spiro atoms. The predicted octanol–water partition coefficient (Wildman–Crippen LogP) is 4.26. The molecule has 20 heavy (non-hydrogen) atoms. The van der Waals surface area contributed by atoms with E-state index >= 15 is 0 Å². The van der Waals surface area contributed by atoms with Crippen LogP contribution in [0.3, 0.4) is 0 Å². The largest absolute Gasteiger partial charge is 0.292 e. The lowest BCUT2D eigenvalue weighted by molar-refractivity contribution is -0.115. The molecule has 0 aliphatic carbocycles. The third-order valence-electron chi connectivity index (χ3n) is 3.14. The maximum atomic E-state index is 13.9. The van der Waals surface area contributed by atoms with Gasteiger partial charge < -0.3 is 0 Å². The average Bonchev–Trinajstić information content (AvgIpc) is 2.82. The number of nitrogens with zero attached hydrogens (tertiary/aromatic N) is 1. The van der Waals surface area contributed by atoms with Crippen LogP contribution in [-0.4, -0.2) is 11.7 Å². The van der Waals surface area contributed by atoms with Crippen LogP contribution in [0.25, 0.3) is 0 Å². The number of amides is 1. The van der Waals surface area contributed by atoms with Crippen molar-refractivity contribution in [3.8, 4) is 0 Å². The Morgan fingerprint density at radius 1 is 1.15 bits per heavy atom. The summed E-state index contributed by atoms with van der Waals surface area (Å²) in [6.45, 7) is 0. The zero-order valence-corrected chi connectivity index (χ0v) is 12.0. The van der Waals surface area contributed by atoms with Crippen LogP contribution in [0.2, 0.25) is 5.02 Å². The third kappa shape index (κ3) is 2.41. The molecular weight excluding hydrogens is 297 g/mol. The summed E-state index contributed by atoms with van der Waals surface area (Å²) < 4.78 is 13.9. The van der Waals surface area contributed by atoms with Crippen LogP contribution in [0.5, 0.6) is 0 Å². The maximum Gasteiger partial charge on any atom is 0.238 e. The summed E-state index contributed by atoms with van der Waals surface area (Å²) in [5.74, 6) is -0.121. The number of carbonyl (C=O) groups is 1. The summed E-state index contributed by atoms with van der Waals surface area (Å²) in [5, 5.41) is 0.428. The van der Waals surface area contributed by atoms with Crippen LogP contribution >= 0.6 is 23.4 Å². The minimum absolute atomic E-state index is 0.0833. The van der Waals surface area contributed by atoms with Crippen molar-refractivity contribution in [3.63, 3.8) is 0 Å². The molecule has 0 aromatic heterocycles. The minimum Gasteiger partial charge on any atom is -0.292 e. The van der Waals surface area contributed by atoms with E-state index < -0.39 is 0 Å². The molecule has 1 aliphatic rings. The molecule has 5 heteroatoms. The van der Waals surface area contributed by atoms with Crippen molar-refractivity contribution >= 4 is 35.0 Å². The van der Waals surface area contributed by atoms with Gasteiger partial charge in [0, 0.05) is 5.02 Å². The average molecular weight is 308 g/mol. The highest BCUT2D eigenvalue weighted by Gasteiger charge is 2.35. The fourth-order valence-corrected chi connectivity index (χ4v) is 3.50. The first-order valence-corrected chi connectivity index (χ1v) is 7.53. The van der Waals surface area contributed by atoms with E-state index in [1.165, 1.54) is 22.7 Å². The molecule has 0 N–H and O–H groups in total. The van der Waals surface area contributed by atoms with E-state index in [2.05, 4.69) is 0 Å². The third-order valence-corrected chi connectivity index (χ3v) is 4.60. The molecule has 1 aliphatic heterocycles. The number of halogens is 2. The first-order valence-electron chi connectivity index (χ1n) is 6.10. The van der Waals surface area contributed by atoms with Crippen molar-refractivity contribution in [2.75, 3.05) is 10.7 Å². The molecule has 1 heterocycles. The lowest BCUT2D eigenvalue weighted by atomic mass is 10.2. The van der Waals surface area contributed by atoms with E-state index in [1.807, 2.05) is 12.1 Å². The van der Waals surface area contributed by atoms with Crippen LogP contribution in [0, 0.1) is 5.82 Å². The van der Waals surface area contributed by atoms with Gasteiger partial charge in [-0.25, -0.2) is 4.39 Å². The minimum atomic E-state index is -0.387. The fourth-order valence-electron chi connectivity index (χ4n) is 2.21. The van der Waals surface area contributed by atoms with Crippen LogP contribution in [-0.2, 0) is 4.79 Å². The van der Waals surface area contributed by atoms with Gasteiger partial charge in [-0.2, -0.15) is 0 Å². The summed E-state index contributed by atoms with van der Waals surface area (Å²) in [5.41, 5.74) is 1.26. The van der Waals surface area contributed by atoms with E-state index in [-0.39, 0.29) is 17.1 Å². The van der Waals surface area contributed by atoms with E-state index in [1.54, 1.807) is 30.3 Å². The highest BCUT2D eigenvalue weighted by Crippen LogP contribution is 2.42. The van der Waals surface area contributed by atoms with Gasteiger partial charge in [0.15, 0.2) is 0 Å². The molecule has 1 amide bonds. The van der Waals surface area contributed by atoms with Gasteiger partial charge in [0.05, 0.1) is 11.4 Å². The van der Waals surface area contributed by atoms with Crippen molar-refractivity contribution in [2.24, 2.45) is 0 Å². The SMILES string of the molecule is O=C1CS[C@@H](c2ccc(Cl)cc2)N1c1ccccc1F. The van der Waals surface area contributed by atoms with Crippen molar-refractivity contribution in [3.05, 3.63) is 64.9 Å². The molecular formula is C15H11ClFNOS. The van der Waals surface area contributed by atoms with Gasteiger partial charge in [0.25, 0.3) is 0 Å². The van der Waals surface area contributed by atoms with Crippen molar-refractivity contribution in [1.82, 2.24) is 0 Å². The Labute approximate surface area is 125 Å². The van der Waals surface area contributed by atoms with E-state index in [0.717, 1.165) is 5.56 Å². The second-order valence-electron chi connectivity index (χ2n) is 4.43. The van der Waals surface area contributed by atoms with E-state index in [9.17, 15) is 9.18 Å². The number of benzene rings is 2. The molecule has 3 rings (SSSR count). The Hall–Kier alpha value is -1.52. The van der Waals surface area contributed by atoms with Crippen LogP contribution in [0.15, 0.2) is 48.5 Å². The Morgan fingerprint density at radius 2 is 1.85 bits per heavy atom. The fraction of sp³-hybridized carbons (Fsp3) is 0.133. The lowest BCUT2D eigenvalue weighted by Crippen LogP contribution is -2.28. The van der Waals surface area contributed by atoms with Crippen molar-refractivity contribution in [1.29, 1.82) is 0 Å². The normalized spacial score (nSPS) is 18.6. The molecule has 2 aromatic rings. The zero-order valence-electron chi connectivity index (χ0n) is 10.4. The second-order valence-corrected chi connectivity index (χ2v) is 5.94. The number of hydrogen-bond acceptors (Lipinski definition) is 2. The first kappa shape index (κ1) is 13.5. The summed E-state index contributed by atoms with van der Waals surface area (Å²) in [6.07, 6.45) is 0. The number of para-hydroxylation sites is 1. The van der Waals surface area contributed by atoms with Crippen LogP contribution in [0.1, 0.15) is 10.9 Å². The smallest absolute Gasteiger partial charge is 0.238 e. The Balaban J connectivity index is 2.01. The number of hydrogen-bond donors (Lipinski definition) is 0. The molecule has 2 nitrogen and oxygen atoms in total. The number of thioether (sulfide) groups is 1. The molecule has 0 bridgehead atoms. The summed E-state index contributed by atoms with van der Waals surface area (Å²) in [6, 6.07) is 13.6. The molecule has 1 atom stereocenters. The van der Waals surface area contributed by atoms with E-state index in [4.69, 9.17) is 11.6 Å². The van der Waals surface area contributed by atoms with Gasteiger partial charge in [0.2, 0.25) is 5.91 Å². The highest BCUT2D eigenvalue weighted by atomic mass is 35.5. The molecule has 1 saturated heterocycles. The Bertz CT molecular complexity index is 647.